The van der Waals surface area contributed by atoms with Crippen LogP contribution < -0.4 is 9.64 Å². The molecule has 1 heterocycles. The van der Waals surface area contributed by atoms with Gasteiger partial charge in [0.05, 0.1) is 30.3 Å². The molecule has 10 nitrogen and oxygen atoms in total. The summed E-state index contributed by atoms with van der Waals surface area (Å²) < 4.78 is 14.8. The maximum Gasteiger partial charge on any atom is 0.338 e. The highest BCUT2D eigenvalue weighted by molar-refractivity contribution is 5.99. The quantitative estimate of drug-likeness (QED) is 0.390. The van der Waals surface area contributed by atoms with Crippen LogP contribution in [-0.4, -0.2) is 50.1 Å². The van der Waals surface area contributed by atoms with Crippen LogP contribution in [0.4, 0.5) is 11.4 Å². The molecule has 1 aliphatic heterocycles. The molecular formula is C21H20N2O8. The van der Waals surface area contributed by atoms with E-state index in [1.165, 1.54) is 4.90 Å². The van der Waals surface area contributed by atoms with Gasteiger partial charge in [-0.1, -0.05) is 0 Å². The average Bonchev–Trinajstić information content (AvgIpc) is 2.80. The monoisotopic (exact) mass is 428 g/mol. The van der Waals surface area contributed by atoms with Gasteiger partial charge in [0, 0.05) is 24.4 Å². The number of non-ortho nitro benzene ring substituents is 1. The van der Waals surface area contributed by atoms with Crippen molar-refractivity contribution in [2.45, 2.75) is 12.8 Å². The van der Waals surface area contributed by atoms with E-state index in [0.717, 1.165) is 49.4 Å². The van der Waals surface area contributed by atoms with Gasteiger partial charge in [-0.05, 0) is 42.7 Å². The number of carbonyl (C=O) groups is 3. The summed E-state index contributed by atoms with van der Waals surface area (Å²) in [7, 11) is 2.68. The average molecular weight is 428 g/mol. The SMILES string of the molecule is COC(=O)c1cc(C(=O)OCC(=O)N2CCCc3cc(OC)ccc32)cc([N+](=O)[O-])c1. The predicted octanol–water partition coefficient (Wildman–Crippen LogP) is 2.53. The van der Waals surface area contributed by atoms with Crippen LogP contribution >= 0.6 is 0 Å². The molecule has 0 fully saturated rings. The molecule has 0 radical (unpaired) electrons. The minimum atomic E-state index is -0.964. The topological polar surface area (TPSA) is 125 Å². The standard InChI is InChI=1S/C21H20N2O8/c1-29-17-5-6-18-13(11-17)4-3-7-22(18)19(24)12-31-21(26)15-8-14(20(25)30-2)9-16(10-15)23(27)28/h5-6,8-11H,3-4,7,12H2,1-2H3. The molecule has 3 rings (SSSR count). The van der Waals surface area contributed by atoms with E-state index in [1.54, 1.807) is 19.2 Å². The number of nitrogens with zero attached hydrogens (tertiary/aromatic N) is 2. The fourth-order valence-corrected chi connectivity index (χ4v) is 3.32. The van der Waals surface area contributed by atoms with Crippen molar-refractivity contribution in [3.63, 3.8) is 0 Å². The smallest absolute Gasteiger partial charge is 0.338 e. The van der Waals surface area contributed by atoms with Crippen molar-refractivity contribution in [1.29, 1.82) is 0 Å². The van der Waals surface area contributed by atoms with Gasteiger partial charge in [0.25, 0.3) is 11.6 Å². The Kier molecular flexibility index (Phi) is 6.49. The van der Waals surface area contributed by atoms with Crippen LogP contribution in [0.3, 0.4) is 0 Å². The molecule has 2 aromatic carbocycles. The summed E-state index contributed by atoms with van der Waals surface area (Å²) in [6.07, 6.45) is 1.54. The number of nitro benzene ring substituents is 1. The lowest BCUT2D eigenvalue weighted by atomic mass is 10.0. The molecule has 162 valence electrons. The summed E-state index contributed by atoms with van der Waals surface area (Å²) in [5.41, 5.74) is 0.795. The maximum atomic E-state index is 12.7. The summed E-state index contributed by atoms with van der Waals surface area (Å²) in [4.78, 5) is 48.7. The van der Waals surface area contributed by atoms with Crippen LogP contribution in [0.2, 0.25) is 0 Å². The van der Waals surface area contributed by atoms with Gasteiger partial charge >= 0.3 is 11.9 Å². The van der Waals surface area contributed by atoms with Crippen molar-refractivity contribution in [1.82, 2.24) is 0 Å². The largest absolute Gasteiger partial charge is 0.497 e. The fraction of sp³-hybridized carbons (Fsp3) is 0.286. The summed E-state index contributed by atoms with van der Waals surface area (Å²) in [5.74, 6) is -1.55. The number of ether oxygens (including phenoxy) is 3. The number of methoxy groups -OCH3 is 2. The zero-order chi connectivity index (χ0) is 22.5. The molecule has 0 unspecified atom stereocenters. The lowest BCUT2D eigenvalue weighted by molar-refractivity contribution is -0.384. The van der Waals surface area contributed by atoms with Crippen LogP contribution in [0.1, 0.15) is 32.7 Å². The van der Waals surface area contributed by atoms with Gasteiger partial charge < -0.3 is 19.1 Å². The highest BCUT2D eigenvalue weighted by atomic mass is 16.6. The van der Waals surface area contributed by atoms with Gasteiger partial charge in [0.2, 0.25) is 0 Å². The van der Waals surface area contributed by atoms with Gasteiger partial charge in [0.1, 0.15) is 5.75 Å². The first kappa shape index (κ1) is 21.8. The van der Waals surface area contributed by atoms with E-state index in [9.17, 15) is 24.5 Å². The van der Waals surface area contributed by atoms with E-state index >= 15 is 0 Å². The zero-order valence-electron chi connectivity index (χ0n) is 17.0. The molecule has 0 N–H and O–H groups in total. The normalized spacial score (nSPS) is 12.5. The van der Waals surface area contributed by atoms with Crippen molar-refractivity contribution in [2.75, 3.05) is 32.3 Å². The number of anilines is 1. The van der Waals surface area contributed by atoms with E-state index in [2.05, 4.69) is 4.74 Å². The number of nitro groups is 1. The molecule has 0 atom stereocenters. The van der Waals surface area contributed by atoms with Gasteiger partial charge in [-0.15, -0.1) is 0 Å². The first-order chi connectivity index (χ1) is 14.8. The third kappa shape index (κ3) is 4.80. The predicted molar refractivity (Wildman–Crippen MR) is 108 cm³/mol. The van der Waals surface area contributed by atoms with Crippen molar-refractivity contribution < 1.29 is 33.5 Å². The second-order valence-electron chi connectivity index (χ2n) is 6.74. The third-order valence-corrected chi connectivity index (χ3v) is 4.82. The molecule has 0 saturated heterocycles. The molecule has 0 bridgehead atoms. The van der Waals surface area contributed by atoms with E-state index < -0.39 is 35.1 Å². The minimum absolute atomic E-state index is 0.172. The van der Waals surface area contributed by atoms with E-state index in [-0.39, 0.29) is 11.1 Å². The molecule has 1 aliphatic rings. The lowest BCUT2D eigenvalue weighted by Gasteiger charge is -2.29. The van der Waals surface area contributed by atoms with Crippen LogP contribution in [0.5, 0.6) is 5.75 Å². The number of aryl methyl sites for hydroxylation is 1. The van der Waals surface area contributed by atoms with E-state index in [1.807, 2.05) is 6.07 Å². The zero-order valence-corrected chi connectivity index (χ0v) is 17.0. The minimum Gasteiger partial charge on any atom is -0.497 e. The summed E-state index contributed by atoms with van der Waals surface area (Å²) >= 11 is 0. The number of esters is 2. The maximum absolute atomic E-state index is 12.7. The summed E-state index contributed by atoms with van der Waals surface area (Å²) in [6, 6.07) is 8.46. The van der Waals surface area contributed by atoms with Gasteiger partial charge in [-0.3, -0.25) is 14.9 Å². The first-order valence-electron chi connectivity index (χ1n) is 9.36. The molecule has 0 aliphatic carbocycles. The lowest BCUT2D eigenvalue weighted by Crippen LogP contribution is -2.38. The van der Waals surface area contributed by atoms with Crippen LogP contribution in [0.15, 0.2) is 36.4 Å². The highest BCUT2D eigenvalue weighted by Crippen LogP contribution is 2.30. The van der Waals surface area contributed by atoms with Gasteiger partial charge in [-0.2, -0.15) is 0 Å². The molecule has 0 saturated carbocycles. The van der Waals surface area contributed by atoms with Crippen LogP contribution in [0.25, 0.3) is 0 Å². The van der Waals surface area contributed by atoms with E-state index in [4.69, 9.17) is 9.47 Å². The molecule has 0 aromatic heterocycles. The number of hydrogen-bond acceptors (Lipinski definition) is 8. The highest BCUT2D eigenvalue weighted by Gasteiger charge is 2.25. The second-order valence-corrected chi connectivity index (χ2v) is 6.74. The molecule has 1 amide bonds. The Balaban J connectivity index is 1.74. The summed E-state index contributed by atoms with van der Waals surface area (Å²) in [5, 5.41) is 11.1. The second kappa shape index (κ2) is 9.24. The van der Waals surface area contributed by atoms with Crippen molar-refractivity contribution in [3.8, 4) is 5.75 Å². The van der Waals surface area contributed by atoms with Gasteiger partial charge in [-0.25, -0.2) is 9.59 Å². The Morgan fingerprint density at radius 1 is 1.06 bits per heavy atom. The Labute approximate surface area is 177 Å². The van der Waals surface area contributed by atoms with Crippen molar-refractivity contribution in [2.24, 2.45) is 0 Å². The Hall–Kier alpha value is -3.95. The molecule has 10 heteroatoms. The number of rotatable bonds is 6. The molecule has 31 heavy (non-hydrogen) atoms. The third-order valence-electron chi connectivity index (χ3n) is 4.82. The molecular weight excluding hydrogens is 408 g/mol. The number of hydrogen-bond donors (Lipinski definition) is 0. The van der Waals surface area contributed by atoms with E-state index in [0.29, 0.717) is 12.3 Å². The molecule has 0 spiro atoms. The van der Waals surface area contributed by atoms with Crippen LogP contribution in [-0.2, 0) is 20.7 Å². The number of benzene rings is 2. The summed E-state index contributed by atoms with van der Waals surface area (Å²) in [6.45, 7) is -0.0838. The van der Waals surface area contributed by atoms with Gasteiger partial charge in [0.15, 0.2) is 6.61 Å². The number of carbonyl (C=O) groups excluding carboxylic acids is 3. The molecule has 2 aromatic rings. The Morgan fingerprint density at radius 3 is 2.42 bits per heavy atom. The first-order valence-corrected chi connectivity index (χ1v) is 9.36. The van der Waals surface area contributed by atoms with Crippen molar-refractivity contribution in [3.05, 3.63) is 63.2 Å². The Bertz CT molecular complexity index is 1050. The number of amides is 1. The van der Waals surface area contributed by atoms with Crippen molar-refractivity contribution >= 4 is 29.2 Å². The van der Waals surface area contributed by atoms with Crippen LogP contribution in [0, 0.1) is 10.1 Å². The Morgan fingerprint density at radius 2 is 1.77 bits per heavy atom. The fourth-order valence-electron chi connectivity index (χ4n) is 3.32. The number of fused-ring (bicyclic) bond motifs is 1.